The zero-order valence-electron chi connectivity index (χ0n) is 9.08. The molecule has 0 fully saturated rings. The van der Waals surface area contributed by atoms with E-state index in [4.69, 9.17) is 27.9 Å². The molecule has 17 heavy (non-hydrogen) atoms. The van der Waals surface area contributed by atoms with Crippen LogP contribution >= 0.6 is 23.2 Å². The number of hydrogen-bond donors (Lipinski definition) is 1. The lowest BCUT2D eigenvalue weighted by Gasteiger charge is -2.08. The van der Waals surface area contributed by atoms with E-state index < -0.39 is 0 Å². The van der Waals surface area contributed by atoms with E-state index in [9.17, 15) is 0 Å². The third-order valence-corrected chi connectivity index (χ3v) is 2.65. The summed E-state index contributed by atoms with van der Waals surface area (Å²) in [5, 5.41) is 4.02. The number of benzene rings is 1. The summed E-state index contributed by atoms with van der Waals surface area (Å²) in [6, 6.07) is 6.90. The van der Waals surface area contributed by atoms with E-state index in [1.54, 1.807) is 30.6 Å². The summed E-state index contributed by atoms with van der Waals surface area (Å²) in [5.74, 6) is 1.16. The molecule has 0 aliphatic carbocycles. The van der Waals surface area contributed by atoms with Gasteiger partial charge in [-0.2, -0.15) is 0 Å². The van der Waals surface area contributed by atoms with E-state index in [0.29, 0.717) is 21.5 Å². The van der Waals surface area contributed by atoms with Gasteiger partial charge in [0.15, 0.2) is 0 Å². The number of halogens is 2. The molecule has 2 aromatic rings. The molecule has 1 N–H and O–H groups in total. The van der Waals surface area contributed by atoms with Gasteiger partial charge < -0.3 is 10.1 Å². The number of anilines is 1. The SMILES string of the molecule is CNc1cncc(Oc2ccc(Cl)cc2Cl)c1. The molecule has 1 heterocycles. The van der Waals surface area contributed by atoms with Gasteiger partial charge in [0.05, 0.1) is 23.1 Å². The van der Waals surface area contributed by atoms with Crippen LogP contribution < -0.4 is 10.1 Å². The van der Waals surface area contributed by atoms with Gasteiger partial charge in [0.1, 0.15) is 11.5 Å². The first kappa shape index (κ1) is 12.0. The van der Waals surface area contributed by atoms with E-state index in [-0.39, 0.29) is 0 Å². The van der Waals surface area contributed by atoms with Gasteiger partial charge in [-0.25, -0.2) is 0 Å². The first-order valence-electron chi connectivity index (χ1n) is 4.95. The minimum atomic E-state index is 0.465. The lowest BCUT2D eigenvalue weighted by Crippen LogP contribution is -1.91. The summed E-state index contributed by atoms with van der Waals surface area (Å²) >= 11 is 11.8. The van der Waals surface area contributed by atoms with Crippen molar-refractivity contribution in [3.8, 4) is 11.5 Å². The lowest BCUT2D eigenvalue weighted by molar-refractivity contribution is 0.481. The maximum Gasteiger partial charge on any atom is 0.147 e. The van der Waals surface area contributed by atoms with Crippen molar-refractivity contribution in [2.75, 3.05) is 12.4 Å². The van der Waals surface area contributed by atoms with Crippen LogP contribution in [-0.2, 0) is 0 Å². The van der Waals surface area contributed by atoms with Crippen molar-refractivity contribution in [1.29, 1.82) is 0 Å². The minimum absolute atomic E-state index is 0.465. The van der Waals surface area contributed by atoms with Gasteiger partial charge in [-0.15, -0.1) is 0 Å². The molecule has 0 saturated carbocycles. The molecule has 0 spiro atoms. The molecule has 0 aliphatic heterocycles. The highest BCUT2D eigenvalue weighted by Gasteiger charge is 2.04. The third kappa shape index (κ3) is 3.02. The third-order valence-electron chi connectivity index (χ3n) is 2.12. The summed E-state index contributed by atoms with van der Waals surface area (Å²) in [5.41, 5.74) is 0.868. The molecule has 88 valence electrons. The Kier molecular flexibility index (Phi) is 3.71. The van der Waals surface area contributed by atoms with Gasteiger partial charge in [-0.05, 0) is 18.2 Å². The average molecular weight is 269 g/mol. The van der Waals surface area contributed by atoms with Crippen molar-refractivity contribution in [3.63, 3.8) is 0 Å². The second-order valence-electron chi connectivity index (χ2n) is 3.34. The predicted octanol–water partition coefficient (Wildman–Crippen LogP) is 4.22. The van der Waals surface area contributed by atoms with Gasteiger partial charge in [-0.3, -0.25) is 4.98 Å². The van der Waals surface area contributed by atoms with E-state index in [1.807, 2.05) is 13.1 Å². The van der Waals surface area contributed by atoms with Gasteiger partial charge >= 0.3 is 0 Å². The zero-order chi connectivity index (χ0) is 12.3. The molecule has 1 aromatic heterocycles. The molecule has 0 saturated heterocycles. The predicted molar refractivity (Wildman–Crippen MR) is 70.3 cm³/mol. The van der Waals surface area contributed by atoms with Crippen LogP contribution in [0.3, 0.4) is 0 Å². The largest absolute Gasteiger partial charge is 0.454 e. The second kappa shape index (κ2) is 5.25. The monoisotopic (exact) mass is 268 g/mol. The Morgan fingerprint density at radius 1 is 1.18 bits per heavy atom. The molecule has 0 aliphatic rings. The van der Waals surface area contributed by atoms with Crippen LogP contribution in [0.1, 0.15) is 0 Å². The average Bonchev–Trinajstić information content (AvgIpc) is 2.33. The van der Waals surface area contributed by atoms with Crippen LogP contribution in [0.2, 0.25) is 10.0 Å². The van der Waals surface area contributed by atoms with Crippen LogP contribution in [0.4, 0.5) is 5.69 Å². The topological polar surface area (TPSA) is 34.2 Å². The first-order chi connectivity index (χ1) is 8.19. The van der Waals surface area contributed by atoms with Crippen LogP contribution in [0.25, 0.3) is 0 Å². The number of aromatic nitrogens is 1. The van der Waals surface area contributed by atoms with E-state index >= 15 is 0 Å². The van der Waals surface area contributed by atoms with Crippen LogP contribution in [-0.4, -0.2) is 12.0 Å². The Morgan fingerprint density at radius 3 is 2.71 bits per heavy atom. The van der Waals surface area contributed by atoms with Crippen LogP contribution in [0.15, 0.2) is 36.7 Å². The fourth-order valence-corrected chi connectivity index (χ4v) is 1.74. The highest BCUT2D eigenvalue weighted by atomic mass is 35.5. The number of ether oxygens (including phenoxy) is 1. The lowest BCUT2D eigenvalue weighted by atomic mass is 10.3. The quantitative estimate of drug-likeness (QED) is 0.905. The first-order valence-corrected chi connectivity index (χ1v) is 5.70. The van der Waals surface area contributed by atoms with Crippen molar-refractivity contribution >= 4 is 28.9 Å². The normalized spacial score (nSPS) is 10.1. The van der Waals surface area contributed by atoms with Gasteiger partial charge in [0.25, 0.3) is 0 Å². The van der Waals surface area contributed by atoms with E-state index in [1.165, 1.54) is 0 Å². The molecule has 0 unspecified atom stereocenters. The molecular formula is C12H10Cl2N2O. The maximum absolute atomic E-state index is 6.01. The molecule has 0 bridgehead atoms. The second-order valence-corrected chi connectivity index (χ2v) is 4.18. The standard InChI is InChI=1S/C12H10Cl2N2O/c1-15-9-5-10(7-16-6-9)17-12-3-2-8(13)4-11(12)14/h2-7,15H,1H3. The summed E-state index contributed by atoms with van der Waals surface area (Å²) in [6.45, 7) is 0. The van der Waals surface area contributed by atoms with Crippen molar-refractivity contribution < 1.29 is 4.74 Å². The fraction of sp³-hybridized carbons (Fsp3) is 0.0833. The Labute approximate surface area is 109 Å². The summed E-state index contributed by atoms with van der Waals surface area (Å²) in [6.07, 6.45) is 3.32. The van der Waals surface area contributed by atoms with Crippen molar-refractivity contribution in [2.45, 2.75) is 0 Å². The number of pyridine rings is 1. The van der Waals surface area contributed by atoms with Crippen molar-refractivity contribution in [3.05, 3.63) is 46.7 Å². The maximum atomic E-state index is 6.01. The minimum Gasteiger partial charge on any atom is -0.454 e. The smallest absolute Gasteiger partial charge is 0.147 e. The number of nitrogens with zero attached hydrogens (tertiary/aromatic N) is 1. The number of hydrogen-bond acceptors (Lipinski definition) is 3. The molecule has 0 radical (unpaired) electrons. The zero-order valence-corrected chi connectivity index (χ0v) is 10.6. The molecule has 2 rings (SSSR count). The molecule has 0 atom stereocenters. The summed E-state index contributed by atoms with van der Waals surface area (Å²) in [4.78, 5) is 4.04. The van der Waals surface area contributed by atoms with E-state index in [2.05, 4.69) is 10.3 Å². The van der Waals surface area contributed by atoms with Crippen molar-refractivity contribution in [1.82, 2.24) is 4.98 Å². The van der Waals surface area contributed by atoms with Crippen LogP contribution in [0, 0.1) is 0 Å². The number of nitrogens with one attached hydrogen (secondary N) is 1. The fourth-order valence-electron chi connectivity index (χ4n) is 1.30. The van der Waals surface area contributed by atoms with Crippen molar-refractivity contribution in [2.24, 2.45) is 0 Å². The Balaban J connectivity index is 2.25. The highest BCUT2D eigenvalue weighted by molar-refractivity contribution is 6.35. The van der Waals surface area contributed by atoms with E-state index in [0.717, 1.165) is 5.69 Å². The Morgan fingerprint density at radius 2 is 2.00 bits per heavy atom. The van der Waals surface area contributed by atoms with Gasteiger partial charge in [0, 0.05) is 18.1 Å². The molecule has 1 aromatic carbocycles. The van der Waals surface area contributed by atoms with Crippen LogP contribution in [0.5, 0.6) is 11.5 Å². The number of rotatable bonds is 3. The highest BCUT2D eigenvalue weighted by Crippen LogP contribution is 2.31. The molecule has 0 amide bonds. The van der Waals surface area contributed by atoms with Gasteiger partial charge in [-0.1, -0.05) is 23.2 Å². The summed E-state index contributed by atoms with van der Waals surface area (Å²) < 4.78 is 5.61. The Hall–Kier alpha value is -1.45. The Bertz CT molecular complexity index is 532. The summed E-state index contributed by atoms with van der Waals surface area (Å²) in [7, 11) is 1.82. The molecule has 5 heteroatoms. The molecule has 3 nitrogen and oxygen atoms in total. The van der Waals surface area contributed by atoms with Gasteiger partial charge in [0.2, 0.25) is 0 Å². The molecular weight excluding hydrogens is 259 g/mol.